The maximum absolute atomic E-state index is 12.1. The molecule has 120 valence electrons. The number of methoxy groups -OCH3 is 1. The van der Waals surface area contributed by atoms with E-state index in [0.29, 0.717) is 5.02 Å². The van der Waals surface area contributed by atoms with Crippen LogP contribution in [-0.2, 0) is 0 Å². The summed E-state index contributed by atoms with van der Waals surface area (Å²) in [5.74, 6) is -0.881. The molecule has 2 N–H and O–H groups in total. The molecule has 0 aromatic heterocycles. The zero-order valence-corrected chi connectivity index (χ0v) is 14.1. The molecule has 0 radical (unpaired) electrons. The molecular weight excluding hydrogens is 363 g/mol. The molecule has 0 bridgehead atoms. The molecule has 0 unspecified atom stereocenters. The second-order valence-corrected chi connectivity index (χ2v) is 5.58. The van der Waals surface area contributed by atoms with Crippen LogP contribution in [0.15, 0.2) is 36.4 Å². The highest BCUT2D eigenvalue weighted by molar-refractivity contribution is 6.43. The first-order valence-corrected chi connectivity index (χ1v) is 7.45. The standard InChI is InChI=1S/C15H11Cl3N2O3/c1-23-12-7-8(16)5-6-9(12)14(21)19-20-15(22)10-3-2-4-11(17)13(10)18/h2-7H,1H3,(H,19,21)(H,20,22). The van der Waals surface area contributed by atoms with Crippen molar-refractivity contribution >= 4 is 46.6 Å². The number of hydrogen-bond donors (Lipinski definition) is 2. The van der Waals surface area contributed by atoms with Gasteiger partial charge in [0.15, 0.2) is 0 Å². The molecule has 0 aliphatic rings. The summed E-state index contributed by atoms with van der Waals surface area (Å²) in [5, 5.41) is 0.767. The van der Waals surface area contributed by atoms with Gasteiger partial charge in [0, 0.05) is 5.02 Å². The molecule has 2 aromatic carbocycles. The van der Waals surface area contributed by atoms with Crippen LogP contribution < -0.4 is 15.6 Å². The van der Waals surface area contributed by atoms with Crippen molar-refractivity contribution < 1.29 is 14.3 Å². The fraction of sp³-hybridized carbons (Fsp3) is 0.0667. The highest BCUT2D eigenvalue weighted by Gasteiger charge is 2.16. The summed E-state index contributed by atoms with van der Waals surface area (Å²) in [6.45, 7) is 0. The van der Waals surface area contributed by atoms with Gasteiger partial charge in [-0.2, -0.15) is 0 Å². The summed E-state index contributed by atoms with van der Waals surface area (Å²) in [5.41, 5.74) is 4.89. The summed E-state index contributed by atoms with van der Waals surface area (Å²) < 4.78 is 5.08. The summed E-state index contributed by atoms with van der Waals surface area (Å²) in [6.07, 6.45) is 0. The van der Waals surface area contributed by atoms with Crippen LogP contribution in [-0.4, -0.2) is 18.9 Å². The lowest BCUT2D eigenvalue weighted by Crippen LogP contribution is -2.41. The smallest absolute Gasteiger partial charge is 0.273 e. The molecular formula is C15H11Cl3N2O3. The lowest BCUT2D eigenvalue weighted by Gasteiger charge is -2.11. The summed E-state index contributed by atoms with van der Waals surface area (Å²) in [7, 11) is 1.41. The monoisotopic (exact) mass is 372 g/mol. The highest BCUT2D eigenvalue weighted by atomic mass is 35.5. The molecule has 0 saturated carbocycles. The van der Waals surface area contributed by atoms with E-state index in [-0.39, 0.29) is 26.9 Å². The zero-order chi connectivity index (χ0) is 17.0. The molecule has 0 aliphatic carbocycles. The molecule has 23 heavy (non-hydrogen) atoms. The maximum Gasteiger partial charge on any atom is 0.273 e. The van der Waals surface area contributed by atoms with E-state index in [4.69, 9.17) is 39.5 Å². The van der Waals surface area contributed by atoms with E-state index in [1.807, 2.05) is 0 Å². The van der Waals surface area contributed by atoms with Crippen LogP contribution in [0, 0.1) is 0 Å². The van der Waals surface area contributed by atoms with Gasteiger partial charge in [-0.15, -0.1) is 0 Å². The van der Waals surface area contributed by atoms with E-state index in [1.54, 1.807) is 12.1 Å². The number of rotatable bonds is 3. The Morgan fingerprint density at radius 3 is 2.26 bits per heavy atom. The molecule has 0 spiro atoms. The predicted molar refractivity (Wildman–Crippen MR) is 89.4 cm³/mol. The van der Waals surface area contributed by atoms with Crippen LogP contribution in [0.25, 0.3) is 0 Å². The Bertz CT molecular complexity index is 766. The molecule has 0 atom stereocenters. The van der Waals surface area contributed by atoms with Crippen molar-refractivity contribution in [1.29, 1.82) is 0 Å². The fourth-order valence-electron chi connectivity index (χ4n) is 1.78. The highest BCUT2D eigenvalue weighted by Crippen LogP contribution is 2.25. The summed E-state index contributed by atoms with van der Waals surface area (Å²) in [6, 6.07) is 9.12. The van der Waals surface area contributed by atoms with Crippen molar-refractivity contribution in [3.8, 4) is 5.75 Å². The average molecular weight is 374 g/mol. The van der Waals surface area contributed by atoms with E-state index in [2.05, 4.69) is 10.9 Å². The number of nitrogens with one attached hydrogen (secondary N) is 2. The third kappa shape index (κ3) is 4.07. The van der Waals surface area contributed by atoms with Gasteiger partial charge >= 0.3 is 0 Å². The minimum absolute atomic E-state index is 0.102. The van der Waals surface area contributed by atoms with Crippen LogP contribution in [0.5, 0.6) is 5.75 Å². The first-order valence-electron chi connectivity index (χ1n) is 6.32. The molecule has 5 nitrogen and oxygen atoms in total. The van der Waals surface area contributed by atoms with Gasteiger partial charge in [0.2, 0.25) is 0 Å². The third-order valence-corrected chi connectivity index (χ3v) is 3.95. The van der Waals surface area contributed by atoms with E-state index < -0.39 is 11.8 Å². The Hall–Kier alpha value is -1.95. The number of halogens is 3. The van der Waals surface area contributed by atoms with E-state index in [0.717, 1.165) is 0 Å². The Morgan fingerprint density at radius 1 is 0.957 bits per heavy atom. The van der Waals surface area contributed by atoms with Crippen molar-refractivity contribution in [1.82, 2.24) is 10.9 Å². The quantitative estimate of drug-likeness (QED) is 0.806. The molecule has 2 aromatic rings. The normalized spacial score (nSPS) is 10.1. The van der Waals surface area contributed by atoms with Gasteiger partial charge in [0.25, 0.3) is 11.8 Å². The Labute approximate surface area is 147 Å². The lowest BCUT2D eigenvalue weighted by atomic mass is 10.2. The van der Waals surface area contributed by atoms with Crippen molar-refractivity contribution in [3.05, 3.63) is 62.6 Å². The van der Waals surface area contributed by atoms with Gasteiger partial charge in [-0.05, 0) is 30.3 Å². The van der Waals surface area contributed by atoms with Gasteiger partial charge < -0.3 is 4.74 Å². The van der Waals surface area contributed by atoms with Crippen LogP contribution in [0.4, 0.5) is 0 Å². The minimum Gasteiger partial charge on any atom is -0.496 e. The first kappa shape index (κ1) is 17.4. The van der Waals surface area contributed by atoms with Crippen LogP contribution in [0.2, 0.25) is 15.1 Å². The van der Waals surface area contributed by atoms with Crippen LogP contribution in [0.1, 0.15) is 20.7 Å². The van der Waals surface area contributed by atoms with Crippen LogP contribution in [0.3, 0.4) is 0 Å². The number of benzene rings is 2. The molecule has 0 saturated heterocycles. The summed E-state index contributed by atoms with van der Waals surface area (Å²) in [4.78, 5) is 24.2. The van der Waals surface area contributed by atoms with Crippen molar-refractivity contribution in [3.63, 3.8) is 0 Å². The molecule has 0 heterocycles. The maximum atomic E-state index is 12.1. The predicted octanol–water partition coefficient (Wildman–Crippen LogP) is 3.73. The molecule has 2 amide bonds. The van der Waals surface area contributed by atoms with Crippen molar-refractivity contribution in [2.24, 2.45) is 0 Å². The number of ether oxygens (including phenoxy) is 1. The molecule has 0 fully saturated rings. The number of carbonyl (C=O) groups excluding carboxylic acids is 2. The number of carbonyl (C=O) groups is 2. The summed E-state index contributed by atoms with van der Waals surface area (Å²) >= 11 is 17.6. The third-order valence-electron chi connectivity index (χ3n) is 2.89. The van der Waals surface area contributed by atoms with E-state index in [9.17, 15) is 9.59 Å². The second-order valence-electron chi connectivity index (χ2n) is 4.35. The second kappa shape index (κ2) is 7.55. The number of amides is 2. The number of hydrogen-bond acceptors (Lipinski definition) is 3. The fourth-order valence-corrected chi connectivity index (χ4v) is 2.33. The van der Waals surface area contributed by atoms with Crippen molar-refractivity contribution in [2.45, 2.75) is 0 Å². The van der Waals surface area contributed by atoms with E-state index >= 15 is 0 Å². The van der Waals surface area contributed by atoms with Gasteiger partial charge in [-0.25, -0.2) is 0 Å². The lowest BCUT2D eigenvalue weighted by molar-refractivity contribution is 0.0845. The molecule has 2 rings (SSSR count). The van der Waals surface area contributed by atoms with Crippen LogP contribution >= 0.6 is 34.8 Å². The molecule has 0 aliphatic heterocycles. The Balaban J connectivity index is 2.10. The first-order chi connectivity index (χ1) is 10.9. The van der Waals surface area contributed by atoms with Gasteiger partial charge in [0.05, 0.1) is 28.3 Å². The van der Waals surface area contributed by atoms with Gasteiger partial charge in [0.1, 0.15) is 5.75 Å². The topological polar surface area (TPSA) is 67.4 Å². The zero-order valence-electron chi connectivity index (χ0n) is 11.8. The average Bonchev–Trinajstić information content (AvgIpc) is 2.54. The van der Waals surface area contributed by atoms with Crippen molar-refractivity contribution in [2.75, 3.05) is 7.11 Å². The largest absolute Gasteiger partial charge is 0.496 e. The Morgan fingerprint density at radius 2 is 1.61 bits per heavy atom. The van der Waals surface area contributed by atoms with E-state index in [1.165, 1.54) is 31.4 Å². The number of hydrazine groups is 1. The SMILES string of the molecule is COc1cc(Cl)ccc1C(=O)NNC(=O)c1cccc(Cl)c1Cl. The molecule has 8 heteroatoms. The minimum atomic E-state index is -0.598. The van der Waals surface area contributed by atoms with Gasteiger partial charge in [-0.3, -0.25) is 20.4 Å². The van der Waals surface area contributed by atoms with Gasteiger partial charge in [-0.1, -0.05) is 40.9 Å². The Kier molecular flexibility index (Phi) is 5.71.